The Morgan fingerprint density at radius 2 is 2.00 bits per heavy atom. The molecule has 7 nitrogen and oxygen atoms in total. The second kappa shape index (κ2) is 6.60. The van der Waals surface area contributed by atoms with E-state index in [1.165, 1.54) is 18.2 Å². The molecule has 0 aliphatic carbocycles. The van der Waals surface area contributed by atoms with Crippen LogP contribution in [-0.4, -0.2) is 32.5 Å². The number of hydrogen-bond donors (Lipinski definition) is 2. The highest BCUT2D eigenvalue weighted by Gasteiger charge is 2.16. The van der Waals surface area contributed by atoms with Crippen LogP contribution in [0.15, 0.2) is 29.2 Å². The standard InChI is InChI=1S/C11H17N3O4S/c1-9(2)12-6-7-13-19(17,18)11-5-3-4-10(8-11)14(15)16/h3-5,8-9,12-13H,6-7H2,1-2H3. The average Bonchev–Trinajstić information content (AvgIpc) is 2.34. The van der Waals surface area contributed by atoms with Crippen molar-refractivity contribution >= 4 is 15.7 Å². The number of sulfonamides is 1. The maximum atomic E-state index is 11.9. The topological polar surface area (TPSA) is 101 Å². The molecule has 0 spiro atoms. The van der Waals surface area contributed by atoms with Crippen molar-refractivity contribution in [2.45, 2.75) is 24.8 Å². The Balaban J connectivity index is 2.72. The highest BCUT2D eigenvalue weighted by molar-refractivity contribution is 7.89. The summed E-state index contributed by atoms with van der Waals surface area (Å²) < 4.78 is 26.2. The minimum absolute atomic E-state index is 0.105. The van der Waals surface area contributed by atoms with Crippen molar-refractivity contribution in [2.24, 2.45) is 0 Å². The van der Waals surface area contributed by atoms with E-state index in [2.05, 4.69) is 10.0 Å². The zero-order chi connectivity index (χ0) is 14.5. The lowest BCUT2D eigenvalue weighted by Crippen LogP contribution is -2.34. The number of nitrogens with one attached hydrogen (secondary N) is 2. The predicted octanol–water partition coefficient (Wildman–Crippen LogP) is 0.871. The average molecular weight is 287 g/mol. The van der Waals surface area contributed by atoms with Gasteiger partial charge in [0.1, 0.15) is 0 Å². The Morgan fingerprint density at radius 3 is 2.58 bits per heavy atom. The molecule has 8 heteroatoms. The molecule has 19 heavy (non-hydrogen) atoms. The van der Waals surface area contributed by atoms with E-state index in [0.29, 0.717) is 6.54 Å². The third-order valence-corrected chi connectivity index (χ3v) is 3.77. The van der Waals surface area contributed by atoms with Crippen molar-refractivity contribution in [3.05, 3.63) is 34.4 Å². The number of nitro groups is 1. The molecule has 1 rings (SSSR count). The Morgan fingerprint density at radius 1 is 1.32 bits per heavy atom. The molecule has 0 aliphatic heterocycles. The van der Waals surface area contributed by atoms with E-state index in [1.807, 2.05) is 13.8 Å². The van der Waals surface area contributed by atoms with Gasteiger partial charge >= 0.3 is 0 Å². The summed E-state index contributed by atoms with van der Waals surface area (Å²) in [5, 5.41) is 13.7. The van der Waals surface area contributed by atoms with Gasteiger partial charge in [-0.3, -0.25) is 10.1 Å². The van der Waals surface area contributed by atoms with Gasteiger partial charge < -0.3 is 5.32 Å². The summed E-state index contributed by atoms with van der Waals surface area (Å²) in [5.41, 5.74) is -0.247. The van der Waals surface area contributed by atoms with Crippen LogP contribution in [0.1, 0.15) is 13.8 Å². The molecule has 106 valence electrons. The van der Waals surface area contributed by atoms with Gasteiger partial charge in [0.2, 0.25) is 10.0 Å². The van der Waals surface area contributed by atoms with Crippen LogP contribution in [0.4, 0.5) is 5.69 Å². The van der Waals surface area contributed by atoms with Crippen LogP contribution in [0.2, 0.25) is 0 Å². The molecular weight excluding hydrogens is 270 g/mol. The van der Waals surface area contributed by atoms with E-state index in [4.69, 9.17) is 0 Å². The minimum Gasteiger partial charge on any atom is -0.313 e. The highest BCUT2D eigenvalue weighted by Crippen LogP contribution is 2.16. The summed E-state index contributed by atoms with van der Waals surface area (Å²) in [4.78, 5) is 9.86. The molecule has 0 radical (unpaired) electrons. The molecule has 0 unspecified atom stereocenters. The van der Waals surface area contributed by atoms with Gasteiger partial charge in [-0.2, -0.15) is 0 Å². The third kappa shape index (κ3) is 4.93. The maximum absolute atomic E-state index is 11.9. The molecule has 0 saturated heterocycles. The van der Waals surface area contributed by atoms with E-state index >= 15 is 0 Å². The summed E-state index contributed by atoms with van der Waals surface area (Å²) in [5.74, 6) is 0. The van der Waals surface area contributed by atoms with Crippen molar-refractivity contribution in [2.75, 3.05) is 13.1 Å². The summed E-state index contributed by atoms with van der Waals surface area (Å²) in [6.07, 6.45) is 0. The second-order valence-corrected chi connectivity index (χ2v) is 6.03. The molecular formula is C11H17N3O4S. The van der Waals surface area contributed by atoms with Crippen LogP contribution >= 0.6 is 0 Å². The monoisotopic (exact) mass is 287 g/mol. The molecule has 0 atom stereocenters. The van der Waals surface area contributed by atoms with Crippen molar-refractivity contribution < 1.29 is 13.3 Å². The fourth-order valence-corrected chi connectivity index (χ4v) is 2.46. The molecule has 0 heterocycles. The first-order chi connectivity index (χ1) is 8.83. The SMILES string of the molecule is CC(C)NCCNS(=O)(=O)c1cccc([N+](=O)[O-])c1. The van der Waals surface area contributed by atoms with E-state index in [0.717, 1.165) is 6.07 Å². The number of nitro benzene ring substituents is 1. The third-order valence-electron chi connectivity index (χ3n) is 2.31. The highest BCUT2D eigenvalue weighted by atomic mass is 32.2. The fraction of sp³-hybridized carbons (Fsp3) is 0.455. The van der Waals surface area contributed by atoms with Crippen molar-refractivity contribution in [1.29, 1.82) is 0 Å². The maximum Gasteiger partial charge on any atom is 0.270 e. The Labute approximate surface area is 112 Å². The van der Waals surface area contributed by atoms with Crippen LogP contribution in [-0.2, 0) is 10.0 Å². The van der Waals surface area contributed by atoms with Gasteiger partial charge in [-0.15, -0.1) is 0 Å². The molecule has 0 bridgehead atoms. The first-order valence-electron chi connectivity index (χ1n) is 5.80. The predicted molar refractivity (Wildman–Crippen MR) is 71.4 cm³/mol. The van der Waals surface area contributed by atoms with Gasteiger partial charge in [-0.05, 0) is 6.07 Å². The van der Waals surface area contributed by atoms with Crippen LogP contribution < -0.4 is 10.0 Å². The first kappa shape index (κ1) is 15.5. The lowest BCUT2D eigenvalue weighted by atomic mass is 10.3. The summed E-state index contributed by atoms with van der Waals surface area (Å²) >= 11 is 0. The van der Waals surface area contributed by atoms with Crippen molar-refractivity contribution in [3.8, 4) is 0 Å². The molecule has 0 aliphatic rings. The smallest absolute Gasteiger partial charge is 0.270 e. The second-order valence-electron chi connectivity index (χ2n) is 4.26. The normalized spacial score (nSPS) is 11.7. The van der Waals surface area contributed by atoms with Crippen LogP contribution in [0.5, 0.6) is 0 Å². The Kier molecular flexibility index (Phi) is 5.40. The number of nitrogens with zero attached hydrogens (tertiary/aromatic N) is 1. The van der Waals surface area contributed by atoms with Crippen molar-refractivity contribution in [3.63, 3.8) is 0 Å². The van der Waals surface area contributed by atoms with Gasteiger partial charge in [0.25, 0.3) is 5.69 Å². The van der Waals surface area contributed by atoms with Gasteiger partial charge in [0.05, 0.1) is 9.82 Å². The lowest BCUT2D eigenvalue weighted by molar-refractivity contribution is -0.385. The number of rotatable bonds is 7. The number of hydrogen-bond acceptors (Lipinski definition) is 5. The molecule has 0 fully saturated rings. The minimum atomic E-state index is -3.71. The molecule has 0 aromatic heterocycles. The number of benzene rings is 1. The van der Waals surface area contributed by atoms with E-state index in [-0.39, 0.29) is 23.2 Å². The molecule has 1 aromatic rings. The fourth-order valence-electron chi connectivity index (χ4n) is 1.39. The van der Waals surface area contributed by atoms with E-state index < -0.39 is 14.9 Å². The Hall–Kier alpha value is -1.51. The van der Waals surface area contributed by atoms with Crippen LogP contribution in [0.3, 0.4) is 0 Å². The van der Waals surface area contributed by atoms with Gasteiger partial charge in [0, 0.05) is 31.3 Å². The van der Waals surface area contributed by atoms with Crippen LogP contribution in [0, 0.1) is 10.1 Å². The largest absolute Gasteiger partial charge is 0.313 e. The van der Waals surface area contributed by atoms with Gasteiger partial charge in [-0.25, -0.2) is 13.1 Å². The van der Waals surface area contributed by atoms with Gasteiger partial charge in [-0.1, -0.05) is 19.9 Å². The molecule has 2 N–H and O–H groups in total. The molecule has 1 aromatic carbocycles. The molecule has 0 amide bonds. The summed E-state index contributed by atoms with van der Waals surface area (Å²) in [6, 6.07) is 5.23. The van der Waals surface area contributed by atoms with Crippen molar-refractivity contribution in [1.82, 2.24) is 10.0 Å². The number of non-ortho nitro benzene ring substituents is 1. The van der Waals surface area contributed by atoms with Gasteiger partial charge in [0.15, 0.2) is 0 Å². The van der Waals surface area contributed by atoms with Crippen LogP contribution in [0.25, 0.3) is 0 Å². The molecule has 0 saturated carbocycles. The Bertz CT molecular complexity index is 543. The zero-order valence-corrected chi connectivity index (χ0v) is 11.6. The quantitative estimate of drug-likeness (QED) is 0.440. The lowest BCUT2D eigenvalue weighted by Gasteiger charge is -2.09. The summed E-state index contributed by atoms with van der Waals surface area (Å²) in [6.45, 7) is 4.62. The zero-order valence-electron chi connectivity index (χ0n) is 10.8. The van der Waals surface area contributed by atoms with E-state index in [1.54, 1.807) is 0 Å². The van der Waals surface area contributed by atoms with E-state index in [9.17, 15) is 18.5 Å². The summed E-state index contributed by atoms with van der Waals surface area (Å²) in [7, 11) is -3.71. The first-order valence-corrected chi connectivity index (χ1v) is 7.29.